The molecular formula is C17H16Cl2N2O5S. The summed E-state index contributed by atoms with van der Waals surface area (Å²) in [5.74, 6) is -1.25. The number of anilines is 1. The highest BCUT2D eigenvalue weighted by molar-refractivity contribution is 7.89. The van der Waals surface area contributed by atoms with Gasteiger partial charge in [0.05, 0.1) is 11.3 Å². The van der Waals surface area contributed by atoms with E-state index in [0.717, 1.165) is 0 Å². The quantitative estimate of drug-likeness (QED) is 0.626. The van der Waals surface area contributed by atoms with E-state index in [1.54, 1.807) is 30.3 Å². The highest BCUT2D eigenvalue weighted by Crippen LogP contribution is 2.15. The van der Waals surface area contributed by atoms with Crippen molar-refractivity contribution in [1.29, 1.82) is 0 Å². The van der Waals surface area contributed by atoms with E-state index >= 15 is 0 Å². The summed E-state index contributed by atoms with van der Waals surface area (Å²) >= 11 is 11.6. The summed E-state index contributed by atoms with van der Waals surface area (Å²) in [4.78, 5) is 23.4. The largest absolute Gasteiger partial charge is 0.456 e. The Balaban J connectivity index is 1.73. The summed E-state index contributed by atoms with van der Waals surface area (Å²) in [6.45, 7) is -0.671. The van der Waals surface area contributed by atoms with Gasteiger partial charge in [-0.05, 0) is 36.4 Å². The molecule has 0 unspecified atom stereocenters. The van der Waals surface area contributed by atoms with Crippen LogP contribution in [0.25, 0.3) is 0 Å². The van der Waals surface area contributed by atoms with Gasteiger partial charge >= 0.3 is 5.97 Å². The number of nitrogens with one attached hydrogen (secondary N) is 2. The minimum absolute atomic E-state index is 0.00994. The van der Waals surface area contributed by atoms with E-state index in [1.807, 2.05) is 0 Å². The van der Waals surface area contributed by atoms with Crippen LogP contribution < -0.4 is 10.0 Å². The van der Waals surface area contributed by atoms with Gasteiger partial charge < -0.3 is 10.1 Å². The SMILES string of the molecule is O=C(COC(=O)CCNS(=O)(=O)c1cccc(Cl)c1)Nc1cccc(Cl)c1. The number of carbonyl (C=O) groups excluding carboxylic acids is 2. The molecule has 0 aliphatic carbocycles. The molecule has 0 fully saturated rings. The molecule has 0 atom stereocenters. The molecule has 0 bridgehead atoms. The van der Waals surface area contributed by atoms with Crippen LogP contribution in [0.5, 0.6) is 0 Å². The van der Waals surface area contributed by atoms with Crippen molar-refractivity contribution in [3.63, 3.8) is 0 Å². The predicted molar refractivity (Wildman–Crippen MR) is 102 cm³/mol. The smallest absolute Gasteiger partial charge is 0.307 e. The molecule has 10 heteroatoms. The number of hydrogen-bond donors (Lipinski definition) is 2. The second-order valence-corrected chi connectivity index (χ2v) is 7.96. The number of esters is 1. The highest BCUT2D eigenvalue weighted by atomic mass is 35.5. The van der Waals surface area contributed by atoms with Crippen molar-refractivity contribution < 1.29 is 22.7 Å². The van der Waals surface area contributed by atoms with Crippen molar-refractivity contribution in [3.05, 3.63) is 58.6 Å². The van der Waals surface area contributed by atoms with Crippen LogP contribution in [0.4, 0.5) is 5.69 Å². The fourth-order valence-corrected chi connectivity index (χ4v) is 3.51. The lowest BCUT2D eigenvalue weighted by Gasteiger charge is -2.08. The van der Waals surface area contributed by atoms with Crippen molar-refractivity contribution in [3.8, 4) is 0 Å². The van der Waals surface area contributed by atoms with Gasteiger partial charge in [0.25, 0.3) is 5.91 Å². The molecule has 27 heavy (non-hydrogen) atoms. The first-order valence-electron chi connectivity index (χ1n) is 7.72. The number of halogens is 2. The van der Waals surface area contributed by atoms with E-state index in [9.17, 15) is 18.0 Å². The number of sulfonamides is 1. The lowest BCUT2D eigenvalue weighted by molar-refractivity contribution is -0.147. The molecule has 2 rings (SSSR count). The first-order valence-corrected chi connectivity index (χ1v) is 9.96. The third-order valence-electron chi connectivity index (χ3n) is 3.20. The highest BCUT2D eigenvalue weighted by Gasteiger charge is 2.15. The zero-order chi connectivity index (χ0) is 19.9. The third-order valence-corrected chi connectivity index (χ3v) is 5.13. The molecule has 1 amide bonds. The summed E-state index contributed by atoms with van der Waals surface area (Å²) < 4.78 is 31.2. The molecule has 0 aliphatic rings. The minimum Gasteiger partial charge on any atom is -0.456 e. The van der Waals surface area contributed by atoms with Crippen molar-refractivity contribution in [2.45, 2.75) is 11.3 Å². The maximum absolute atomic E-state index is 12.1. The zero-order valence-electron chi connectivity index (χ0n) is 13.9. The van der Waals surface area contributed by atoms with Crippen molar-refractivity contribution in [1.82, 2.24) is 4.72 Å². The van der Waals surface area contributed by atoms with Gasteiger partial charge in [-0.15, -0.1) is 0 Å². The summed E-state index contributed by atoms with van der Waals surface area (Å²) in [5.41, 5.74) is 0.470. The van der Waals surface area contributed by atoms with E-state index in [-0.39, 0.29) is 22.9 Å². The Morgan fingerprint density at radius 3 is 2.33 bits per heavy atom. The van der Waals surface area contributed by atoms with Gasteiger partial charge in [-0.1, -0.05) is 35.3 Å². The molecule has 0 heterocycles. The van der Waals surface area contributed by atoms with Crippen LogP contribution in [0.2, 0.25) is 10.0 Å². The fourth-order valence-electron chi connectivity index (χ4n) is 1.99. The van der Waals surface area contributed by atoms with Crippen molar-refractivity contribution in [2.24, 2.45) is 0 Å². The summed E-state index contributed by atoms with van der Waals surface area (Å²) in [6, 6.07) is 12.2. The number of hydrogen-bond acceptors (Lipinski definition) is 5. The van der Waals surface area contributed by atoms with Gasteiger partial charge in [0.1, 0.15) is 0 Å². The number of benzene rings is 2. The molecule has 0 radical (unpaired) electrons. The minimum atomic E-state index is -3.79. The number of rotatable bonds is 8. The Hall–Kier alpha value is -2.13. The summed E-state index contributed by atoms with van der Waals surface area (Å²) in [7, 11) is -3.79. The molecule has 2 aromatic rings. The number of carbonyl (C=O) groups is 2. The molecule has 2 aromatic carbocycles. The topological polar surface area (TPSA) is 102 Å². The average Bonchev–Trinajstić information content (AvgIpc) is 2.60. The van der Waals surface area contributed by atoms with Gasteiger partial charge in [0.2, 0.25) is 10.0 Å². The molecule has 144 valence electrons. The molecule has 0 aliphatic heterocycles. The molecule has 0 saturated carbocycles. The second kappa shape index (κ2) is 9.70. The van der Waals surface area contributed by atoms with Crippen LogP contribution in [0.3, 0.4) is 0 Å². The van der Waals surface area contributed by atoms with E-state index in [2.05, 4.69) is 10.0 Å². The standard InChI is InChI=1S/C17H16Cl2N2O5S/c18-12-3-1-5-14(9-12)21-16(22)11-26-17(23)7-8-20-27(24,25)15-6-2-4-13(19)10-15/h1-6,9-10,20H,7-8,11H2,(H,21,22). The van der Waals surface area contributed by atoms with Crippen LogP contribution in [0.15, 0.2) is 53.4 Å². The summed E-state index contributed by atoms with van der Waals surface area (Å²) in [5, 5.41) is 3.26. The van der Waals surface area contributed by atoms with Crippen LogP contribution in [0.1, 0.15) is 6.42 Å². The fraction of sp³-hybridized carbons (Fsp3) is 0.176. The first-order chi connectivity index (χ1) is 12.8. The summed E-state index contributed by atoms with van der Waals surface area (Å²) in [6.07, 6.45) is -0.232. The van der Waals surface area contributed by atoms with Crippen molar-refractivity contribution >= 4 is 50.8 Å². The molecular weight excluding hydrogens is 415 g/mol. The lowest BCUT2D eigenvalue weighted by atomic mass is 10.3. The zero-order valence-corrected chi connectivity index (χ0v) is 16.3. The normalized spacial score (nSPS) is 11.0. The predicted octanol–water partition coefficient (Wildman–Crippen LogP) is 2.84. The molecule has 0 aromatic heterocycles. The average molecular weight is 431 g/mol. The van der Waals surface area contributed by atoms with Crippen LogP contribution in [-0.4, -0.2) is 33.4 Å². The Kier molecular flexibility index (Phi) is 7.61. The molecule has 7 nitrogen and oxygen atoms in total. The third kappa shape index (κ3) is 7.18. The van der Waals surface area contributed by atoms with Gasteiger partial charge in [-0.3, -0.25) is 9.59 Å². The Bertz CT molecular complexity index is 934. The van der Waals surface area contributed by atoms with Gasteiger partial charge in [-0.2, -0.15) is 0 Å². The maximum Gasteiger partial charge on any atom is 0.307 e. The van der Waals surface area contributed by atoms with Crippen molar-refractivity contribution in [2.75, 3.05) is 18.5 Å². The Morgan fingerprint density at radius 2 is 1.67 bits per heavy atom. The van der Waals surface area contributed by atoms with E-state index in [1.165, 1.54) is 18.2 Å². The molecule has 0 spiro atoms. The van der Waals surface area contributed by atoms with E-state index < -0.39 is 28.5 Å². The Labute approximate surface area is 166 Å². The lowest BCUT2D eigenvalue weighted by Crippen LogP contribution is -2.28. The second-order valence-electron chi connectivity index (χ2n) is 5.32. The molecule has 0 saturated heterocycles. The van der Waals surface area contributed by atoms with E-state index in [4.69, 9.17) is 27.9 Å². The van der Waals surface area contributed by atoms with Gasteiger partial charge in [0.15, 0.2) is 6.61 Å². The van der Waals surface area contributed by atoms with E-state index in [0.29, 0.717) is 10.7 Å². The molecule has 2 N–H and O–H groups in total. The van der Waals surface area contributed by atoms with Gasteiger partial charge in [-0.25, -0.2) is 13.1 Å². The first kappa shape index (κ1) is 21.2. The monoisotopic (exact) mass is 430 g/mol. The number of amides is 1. The Morgan fingerprint density at radius 1 is 1.00 bits per heavy atom. The number of ether oxygens (including phenoxy) is 1. The van der Waals surface area contributed by atoms with Crippen LogP contribution in [-0.2, 0) is 24.3 Å². The van der Waals surface area contributed by atoms with Gasteiger partial charge in [0, 0.05) is 22.3 Å². The van der Waals surface area contributed by atoms with Crippen LogP contribution >= 0.6 is 23.2 Å². The van der Waals surface area contributed by atoms with Crippen LogP contribution in [0, 0.1) is 0 Å². The maximum atomic E-state index is 12.1.